The van der Waals surface area contributed by atoms with Gasteiger partial charge in [0, 0.05) is 6.42 Å². The lowest BCUT2D eigenvalue weighted by Gasteiger charge is -2.28. The van der Waals surface area contributed by atoms with E-state index in [-0.39, 0.29) is 5.97 Å². The van der Waals surface area contributed by atoms with Crippen molar-refractivity contribution in [1.82, 2.24) is 0 Å². The number of carbonyl (C=O) groups excluding carboxylic acids is 1. The zero-order chi connectivity index (χ0) is 20.2. The molecule has 0 aromatic heterocycles. The summed E-state index contributed by atoms with van der Waals surface area (Å²) in [6, 6.07) is 9.43. The third-order valence-corrected chi connectivity index (χ3v) is 6.34. The summed E-state index contributed by atoms with van der Waals surface area (Å²) in [7, 11) is 0. The molecule has 0 fully saturated rings. The van der Waals surface area contributed by atoms with Crippen LogP contribution in [-0.4, -0.2) is 5.97 Å². The molecule has 0 heterocycles. The maximum atomic E-state index is 12.3. The highest BCUT2D eigenvalue weighted by atomic mass is 16.5. The number of benzene rings is 1. The third-order valence-electron chi connectivity index (χ3n) is 6.34. The van der Waals surface area contributed by atoms with Crippen LogP contribution in [0.25, 0.3) is 0 Å². The fraction of sp³-hybridized carbons (Fsp3) is 0.654. The van der Waals surface area contributed by atoms with Gasteiger partial charge in [0.2, 0.25) is 0 Å². The first-order valence-electron chi connectivity index (χ1n) is 11.6. The standard InChI is InChI=1S/C26H40O2/c1-4-6-8-11-23(18-19-26(27)28-25-12-9-7-10-13-25)24-16-14-22(15-17-24)20-21(3)5-2/h7,9-10,12-13,16,21-23H,4-6,8,11,14-15,17-20H2,1-3H3. The van der Waals surface area contributed by atoms with Gasteiger partial charge in [-0.25, -0.2) is 0 Å². The number of hydrogen-bond donors (Lipinski definition) is 0. The smallest absolute Gasteiger partial charge is 0.311 e. The average molecular weight is 385 g/mol. The Morgan fingerprint density at radius 3 is 2.57 bits per heavy atom. The topological polar surface area (TPSA) is 26.3 Å². The minimum atomic E-state index is -0.0993. The van der Waals surface area contributed by atoms with E-state index in [0.717, 1.165) is 18.3 Å². The van der Waals surface area contributed by atoms with Crippen molar-refractivity contribution in [2.45, 2.75) is 91.4 Å². The number of ether oxygens (including phenoxy) is 1. The van der Waals surface area contributed by atoms with Gasteiger partial charge in [-0.15, -0.1) is 0 Å². The van der Waals surface area contributed by atoms with Gasteiger partial charge in [-0.05, 0) is 68.4 Å². The van der Waals surface area contributed by atoms with Crippen LogP contribution in [0.2, 0.25) is 0 Å². The van der Waals surface area contributed by atoms with Crippen molar-refractivity contribution in [3.05, 3.63) is 42.0 Å². The molecule has 3 unspecified atom stereocenters. The summed E-state index contributed by atoms with van der Waals surface area (Å²) in [6.07, 6.45) is 15.4. The Labute approximate surface area is 172 Å². The molecule has 28 heavy (non-hydrogen) atoms. The maximum Gasteiger partial charge on any atom is 0.311 e. The Bertz CT molecular complexity index is 590. The summed E-state index contributed by atoms with van der Waals surface area (Å²) < 4.78 is 5.49. The zero-order valence-electron chi connectivity index (χ0n) is 18.3. The molecule has 1 aliphatic carbocycles. The molecule has 1 aromatic rings. The Morgan fingerprint density at radius 2 is 1.93 bits per heavy atom. The highest BCUT2D eigenvalue weighted by molar-refractivity contribution is 5.72. The predicted octanol–water partition coefficient (Wildman–Crippen LogP) is 7.73. The molecule has 2 nitrogen and oxygen atoms in total. The molecule has 0 bridgehead atoms. The van der Waals surface area contributed by atoms with Gasteiger partial charge >= 0.3 is 5.97 Å². The van der Waals surface area contributed by atoms with Crippen LogP contribution in [0.4, 0.5) is 0 Å². The Kier molecular flexibility index (Phi) is 10.4. The third kappa shape index (κ3) is 8.20. The second-order valence-corrected chi connectivity index (χ2v) is 8.69. The van der Waals surface area contributed by atoms with E-state index in [9.17, 15) is 4.79 Å². The van der Waals surface area contributed by atoms with Gasteiger partial charge in [0.1, 0.15) is 5.75 Å². The van der Waals surface area contributed by atoms with E-state index in [4.69, 9.17) is 4.74 Å². The van der Waals surface area contributed by atoms with Gasteiger partial charge in [-0.3, -0.25) is 4.79 Å². The molecular weight excluding hydrogens is 344 g/mol. The van der Waals surface area contributed by atoms with Gasteiger partial charge in [0.25, 0.3) is 0 Å². The first-order chi connectivity index (χ1) is 13.6. The van der Waals surface area contributed by atoms with E-state index in [2.05, 4.69) is 26.8 Å². The van der Waals surface area contributed by atoms with Crippen molar-refractivity contribution in [3.8, 4) is 5.75 Å². The molecule has 0 aliphatic heterocycles. The summed E-state index contributed by atoms with van der Waals surface area (Å²) in [5, 5.41) is 0. The Morgan fingerprint density at radius 1 is 1.14 bits per heavy atom. The van der Waals surface area contributed by atoms with Gasteiger partial charge < -0.3 is 4.74 Å². The van der Waals surface area contributed by atoms with Gasteiger partial charge in [0.15, 0.2) is 0 Å². The molecule has 156 valence electrons. The second-order valence-electron chi connectivity index (χ2n) is 8.69. The van der Waals surface area contributed by atoms with Crippen LogP contribution in [0.5, 0.6) is 5.75 Å². The van der Waals surface area contributed by atoms with Crippen molar-refractivity contribution in [3.63, 3.8) is 0 Å². The molecule has 0 N–H and O–H groups in total. The molecule has 0 spiro atoms. The minimum Gasteiger partial charge on any atom is -0.427 e. The average Bonchev–Trinajstić information content (AvgIpc) is 2.72. The van der Waals surface area contributed by atoms with E-state index in [1.54, 1.807) is 5.57 Å². The molecule has 0 saturated heterocycles. The van der Waals surface area contributed by atoms with E-state index in [1.807, 2.05) is 30.3 Å². The van der Waals surface area contributed by atoms with Crippen LogP contribution in [-0.2, 0) is 4.79 Å². The molecule has 0 saturated carbocycles. The van der Waals surface area contributed by atoms with E-state index >= 15 is 0 Å². The number of rotatable bonds is 12. The molecule has 0 amide bonds. The van der Waals surface area contributed by atoms with Gasteiger partial charge in [-0.2, -0.15) is 0 Å². The fourth-order valence-electron chi connectivity index (χ4n) is 4.35. The van der Waals surface area contributed by atoms with Gasteiger partial charge in [-0.1, -0.05) is 76.3 Å². The summed E-state index contributed by atoms with van der Waals surface area (Å²) in [5.41, 5.74) is 1.61. The Hall–Kier alpha value is -1.57. The lowest BCUT2D eigenvalue weighted by molar-refractivity contribution is -0.134. The fourth-order valence-corrected chi connectivity index (χ4v) is 4.35. The quantitative estimate of drug-likeness (QED) is 0.159. The highest BCUT2D eigenvalue weighted by Gasteiger charge is 2.22. The molecule has 1 aliphatic rings. The highest BCUT2D eigenvalue weighted by Crippen LogP contribution is 2.36. The SMILES string of the molecule is CCCCCC(CCC(=O)Oc1ccccc1)C1=CCC(CC(C)CC)CC1. The van der Waals surface area contributed by atoms with Crippen LogP contribution < -0.4 is 4.74 Å². The predicted molar refractivity (Wildman–Crippen MR) is 118 cm³/mol. The lowest BCUT2D eigenvalue weighted by Crippen LogP contribution is -2.16. The van der Waals surface area contributed by atoms with Crippen molar-refractivity contribution in [1.29, 1.82) is 0 Å². The normalized spacial score (nSPS) is 19.0. The van der Waals surface area contributed by atoms with Crippen LogP contribution in [0, 0.1) is 17.8 Å². The number of carbonyl (C=O) groups is 1. The summed E-state index contributed by atoms with van der Waals surface area (Å²) in [5.74, 6) is 2.81. The number of allylic oxidation sites excluding steroid dienone is 2. The lowest BCUT2D eigenvalue weighted by atomic mass is 9.77. The minimum absolute atomic E-state index is 0.0993. The molecule has 1 aromatic carbocycles. The molecule has 2 rings (SSSR count). The second kappa shape index (κ2) is 12.8. The Balaban J connectivity index is 1.87. The molecule has 3 atom stereocenters. The first-order valence-corrected chi connectivity index (χ1v) is 11.6. The first kappa shape index (κ1) is 22.7. The summed E-state index contributed by atoms with van der Waals surface area (Å²) >= 11 is 0. The van der Waals surface area contributed by atoms with Crippen molar-refractivity contribution >= 4 is 5.97 Å². The van der Waals surface area contributed by atoms with E-state index < -0.39 is 0 Å². The molecule has 0 radical (unpaired) electrons. The van der Waals surface area contributed by atoms with Gasteiger partial charge in [0.05, 0.1) is 0 Å². The zero-order valence-corrected chi connectivity index (χ0v) is 18.3. The van der Waals surface area contributed by atoms with Crippen LogP contribution in [0.15, 0.2) is 42.0 Å². The van der Waals surface area contributed by atoms with Crippen LogP contribution >= 0.6 is 0 Å². The summed E-state index contributed by atoms with van der Waals surface area (Å²) in [6.45, 7) is 6.93. The number of unbranched alkanes of at least 4 members (excludes halogenated alkanes) is 2. The number of para-hydroxylation sites is 1. The number of esters is 1. The maximum absolute atomic E-state index is 12.3. The summed E-state index contributed by atoms with van der Waals surface area (Å²) in [4.78, 5) is 12.3. The van der Waals surface area contributed by atoms with E-state index in [0.29, 0.717) is 18.1 Å². The molecule has 2 heteroatoms. The number of hydrogen-bond acceptors (Lipinski definition) is 2. The monoisotopic (exact) mass is 384 g/mol. The van der Waals surface area contributed by atoms with Crippen molar-refractivity contribution in [2.24, 2.45) is 17.8 Å². The van der Waals surface area contributed by atoms with Crippen molar-refractivity contribution in [2.75, 3.05) is 0 Å². The van der Waals surface area contributed by atoms with Crippen molar-refractivity contribution < 1.29 is 9.53 Å². The van der Waals surface area contributed by atoms with Crippen LogP contribution in [0.3, 0.4) is 0 Å². The molecular formula is C26H40O2. The van der Waals surface area contributed by atoms with E-state index in [1.165, 1.54) is 57.8 Å². The largest absolute Gasteiger partial charge is 0.427 e. The van der Waals surface area contributed by atoms with Crippen LogP contribution in [0.1, 0.15) is 91.4 Å².